The van der Waals surface area contributed by atoms with Gasteiger partial charge in [-0.2, -0.15) is 13.2 Å². The van der Waals surface area contributed by atoms with Gasteiger partial charge in [0.25, 0.3) is 5.56 Å². The first-order chi connectivity index (χ1) is 18.8. The zero-order valence-corrected chi connectivity index (χ0v) is 20.9. The van der Waals surface area contributed by atoms with Gasteiger partial charge in [-0.25, -0.2) is 4.98 Å². The highest BCUT2D eigenvalue weighted by atomic mass is 19.4. The van der Waals surface area contributed by atoms with E-state index in [1.807, 2.05) is 54.7 Å². The summed E-state index contributed by atoms with van der Waals surface area (Å²) < 4.78 is 44.9. The predicted octanol–water partition coefficient (Wildman–Crippen LogP) is 6.07. The number of aromatic nitrogens is 3. The van der Waals surface area contributed by atoms with E-state index >= 15 is 0 Å². The van der Waals surface area contributed by atoms with E-state index in [9.17, 15) is 18.0 Å². The SMILES string of the molecule is O=c1[nH]c(-c2ccc(C(F)(F)F)cc2)nc2c1CN(Cc1c[nH]c3cccc(OCc4ccccc4)c13)CC2. The van der Waals surface area contributed by atoms with Crippen molar-refractivity contribution in [3.8, 4) is 17.1 Å². The van der Waals surface area contributed by atoms with Crippen molar-refractivity contribution in [3.63, 3.8) is 0 Å². The van der Waals surface area contributed by atoms with Gasteiger partial charge in [0.05, 0.1) is 16.8 Å². The fraction of sp³-hybridized carbons (Fsp3) is 0.200. The Hall–Kier alpha value is -4.37. The van der Waals surface area contributed by atoms with Gasteiger partial charge < -0.3 is 14.7 Å². The maximum Gasteiger partial charge on any atom is 0.416 e. The molecular weight excluding hydrogens is 505 g/mol. The quantitative estimate of drug-likeness (QED) is 0.279. The molecule has 5 aromatic rings. The first-order valence-electron chi connectivity index (χ1n) is 12.6. The lowest BCUT2D eigenvalue weighted by atomic mass is 10.0. The van der Waals surface area contributed by atoms with Crippen LogP contribution in [0.1, 0.15) is 27.9 Å². The highest BCUT2D eigenvalue weighted by molar-refractivity contribution is 5.89. The second-order valence-corrected chi connectivity index (χ2v) is 9.64. The van der Waals surface area contributed by atoms with E-state index in [1.54, 1.807) is 0 Å². The molecule has 2 N–H and O–H groups in total. The van der Waals surface area contributed by atoms with E-state index in [0.717, 1.165) is 39.9 Å². The van der Waals surface area contributed by atoms with E-state index in [4.69, 9.17) is 4.74 Å². The van der Waals surface area contributed by atoms with Gasteiger partial charge in [-0.05, 0) is 35.4 Å². The van der Waals surface area contributed by atoms with Gasteiger partial charge in [0, 0.05) is 48.7 Å². The van der Waals surface area contributed by atoms with Crippen LogP contribution in [0.15, 0.2) is 83.8 Å². The normalized spacial score (nSPS) is 13.9. The molecule has 0 aliphatic carbocycles. The first-order valence-corrected chi connectivity index (χ1v) is 12.6. The Morgan fingerprint density at radius 2 is 1.77 bits per heavy atom. The average Bonchev–Trinajstić information content (AvgIpc) is 3.35. The third-order valence-electron chi connectivity index (χ3n) is 7.01. The van der Waals surface area contributed by atoms with Crippen LogP contribution in [0.2, 0.25) is 0 Å². The minimum Gasteiger partial charge on any atom is -0.488 e. The minimum absolute atomic E-state index is 0.273. The number of nitrogens with one attached hydrogen (secondary N) is 2. The first kappa shape index (κ1) is 24.9. The van der Waals surface area contributed by atoms with Crippen molar-refractivity contribution in [1.82, 2.24) is 19.9 Å². The standard InChI is InChI=1S/C30H25F3N4O2/c31-30(32,33)22-11-9-20(10-12-22)28-35-24-13-14-37(17-23(24)29(38)36-28)16-21-15-34-25-7-4-8-26(27(21)25)39-18-19-5-2-1-3-6-19/h1-12,15,34H,13-14,16-18H2,(H,35,36,38). The summed E-state index contributed by atoms with van der Waals surface area (Å²) in [6.45, 7) is 2.19. The van der Waals surface area contributed by atoms with Crippen LogP contribution >= 0.6 is 0 Å². The number of aromatic amines is 2. The Labute approximate surface area is 222 Å². The van der Waals surface area contributed by atoms with Gasteiger partial charge in [0.1, 0.15) is 18.2 Å². The predicted molar refractivity (Wildman–Crippen MR) is 142 cm³/mol. The van der Waals surface area contributed by atoms with Crippen LogP contribution < -0.4 is 10.3 Å². The maximum absolute atomic E-state index is 13.0. The molecule has 9 heteroatoms. The molecule has 198 valence electrons. The lowest BCUT2D eigenvalue weighted by molar-refractivity contribution is -0.137. The molecule has 1 aliphatic heterocycles. The molecular formula is C30H25F3N4O2. The third-order valence-corrected chi connectivity index (χ3v) is 7.01. The van der Waals surface area contributed by atoms with Gasteiger partial charge in [-0.15, -0.1) is 0 Å². The number of hydrogen-bond acceptors (Lipinski definition) is 4. The van der Waals surface area contributed by atoms with Gasteiger partial charge in [0.2, 0.25) is 0 Å². The fourth-order valence-electron chi connectivity index (χ4n) is 5.01. The summed E-state index contributed by atoms with van der Waals surface area (Å²) in [5.41, 5.74) is 3.82. The molecule has 0 radical (unpaired) electrons. The molecule has 2 aromatic heterocycles. The van der Waals surface area contributed by atoms with E-state index in [0.29, 0.717) is 49.5 Å². The van der Waals surface area contributed by atoms with Crippen molar-refractivity contribution >= 4 is 10.9 Å². The lowest BCUT2D eigenvalue weighted by Crippen LogP contribution is -2.35. The van der Waals surface area contributed by atoms with Crippen molar-refractivity contribution in [1.29, 1.82) is 0 Å². The van der Waals surface area contributed by atoms with Crippen molar-refractivity contribution in [3.05, 3.63) is 117 Å². The van der Waals surface area contributed by atoms with Crippen molar-refractivity contribution < 1.29 is 17.9 Å². The molecule has 3 heterocycles. The molecule has 6 rings (SSSR count). The third kappa shape index (κ3) is 5.18. The van der Waals surface area contributed by atoms with Gasteiger partial charge in [0.15, 0.2) is 0 Å². The van der Waals surface area contributed by atoms with E-state index in [-0.39, 0.29) is 11.4 Å². The van der Waals surface area contributed by atoms with Crippen molar-refractivity contribution in [2.75, 3.05) is 6.54 Å². The van der Waals surface area contributed by atoms with Crippen LogP contribution in [-0.2, 0) is 32.3 Å². The second kappa shape index (κ2) is 10.1. The molecule has 3 aromatic carbocycles. The Morgan fingerprint density at radius 1 is 0.974 bits per heavy atom. The van der Waals surface area contributed by atoms with Gasteiger partial charge in [-0.1, -0.05) is 48.5 Å². The highest BCUT2D eigenvalue weighted by Crippen LogP contribution is 2.32. The van der Waals surface area contributed by atoms with Crippen LogP contribution in [-0.4, -0.2) is 26.4 Å². The number of rotatable bonds is 6. The summed E-state index contributed by atoms with van der Waals surface area (Å²) in [6.07, 6.45) is -1.88. The zero-order valence-electron chi connectivity index (χ0n) is 20.9. The van der Waals surface area contributed by atoms with E-state index in [1.165, 1.54) is 12.1 Å². The molecule has 0 amide bonds. The lowest BCUT2D eigenvalue weighted by Gasteiger charge is -2.27. The molecule has 0 unspecified atom stereocenters. The Kier molecular flexibility index (Phi) is 6.44. The van der Waals surface area contributed by atoms with Crippen LogP contribution in [0.25, 0.3) is 22.3 Å². The van der Waals surface area contributed by atoms with Crippen molar-refractivity contribution in [2.24, 2.45) is 0 Å². The fourth-order valence-corrected chi connectivity index (χ4v) is 5.01. The number of fused-ring (bicyclic) bond motifs is 2. The molecule has 0 saturated carbocycles. The van der Waals surface area contributed by atoms with Crippen LogP contribution in [0.5, 0.6) is 5.75 Å². The number of benzene rings is 3. The molecule has 0 bridgehead atoms. The summed E-state index contributed by atoms with van der Waals surface area (Å²) in [6, 6.07) is 20.6. The number of halogens is 3. The topological polar surface area (TPSA) is 74.0 Å². The molecule has 6 nitrogen and oxygen atoms in total. The average molecular weight is 531 g/mol. The van der Waals surface area contributed by atoms with E-state index < -0.39 is 11.7 Å². The Balaban J connectivity index is 1.21. The Bertz CT molecular complexity index is 1680. The van der Waals surface area contributed by atoms with Crippen LogP contribution in [0, 0.1) is 0 Å². The Morgan fingerprint density at radius 3 is 2.54 bits per heavy atom. The molecule has 0 spiro atoms. The molecule has 39 heavy (non-hydrogen) atoms. The smallest absolute Gasteiger partial charge is 0.416 e. The molecule has 0 saturated heterocycles. The molecule has 0 fully saturated rings. The minimum atomic E-state index is -4.42. The number of alkyl halides is 3. The van der Waals surface area contributed by atoms with Gasteiger partial charge in [-0.3, -0.25) is 9.69 Å². The summed E-state index contributed by atoms with van der Waals surface area (Å²) >= 11 is 0. The van der Waals surface area contributed by atoms with Crippen molar-refractivity contribution in [2.45, 2.75) is 32.3 Å². The largest absolute Gasteiger partial charge is 0.488 e. The number of nitrogens with zero attached hydrogens (tertiary/aromatic N) is 2. The monoisotopic (exact) mass is 530 g/mol. The molecule has 0 atom stereocenters. The van der Waals surface area contributed by atoms with Crippen LogP contribution in [0.4, 0.5) is 13.2 Å². The summed E-state index contributed by atoms with van der Waals surface area (Å²) in [7, 11) is 0. The highest BCUT2D eigenvalue weighted by Gasteiger charge is 2.30. The van der Waals surface area contributed by atoms with Gasteiger partial charge >= 0.3 is 6.18 Å². The summed E-state index contributed by atoms with van der Waals surface area (Å²) in [5.74, 6) is 1.07. The number of H-pyrrole nitrogens is 2. The number of hydrogen-bond donors (Lipinski definition) is 2. The van der Waals surface area contributed by atoms with Crippen LogP contribution in [0.3, 0.4) is 0 Å². The maximum atomic E-state index is 13.0. The second-order valence-electron chi connectivity index (χ2n) is 9.64. The summed E-state index contributed by atoms with van der Waals surface area (Å²) in [4.78, 5) is 25.9. The zero-order chi connectivity index (χ0) is 27.0. The molecule has 1 aliphatic rings. The number of ether oxygens (including phenoxy) is 1. The van der Waals surface area contributed by atoms with E-state index in [2.05, 4.69) is 19.9 Å². The summed E-state index contributed by atoms with van der Waals surface area (Å²) in [5, 5.41) is 1.02.